The van der Waals surface area contributed by atoms with E-state index in [1.165, 1.54) is 0 Å². The summed E-state index contributed by atoms with van der Waals surface area (Å²) in [4.78, 5) is 27.3. The number of rotatable bonds is 6. The first kappa shape index (κ1) is 18.2. The predicted molar refractivity (Wildman–Crippen MR) is 99.6 cm³/mol. The first-order valence-electron chi connectivity index (χ1n) is 8.15. The van der Waals surface area contributed by atoms with Gasteiger partial charge in [0, 0.05) is 6.20 Å². The molecule has 0 unspecified atom stereocenters. The third-order valence-electron chi connectivity index (χ3n) is 3.83. The van der Waals surface area contributed by atoms with E-state index in [9.17, 15) is 14.7 Å². The molecule has 2 N–H and O–H groups in total. The van der Waals surface area contributed by atoms with Gasteiger partial charge in [0.25, 0.3) is 11.1 Å². The number of aliphatic hydroxyl groups excluding tert-OH is 1. The molecule has 134 valence electrons. The maximum absolute atomic E-state index is 11.5. The first-order valence-corrected chi connectivity index (χ1v) is 8.97. The second-order valence-electron chi connectivity index (χ2n) is 5.69. The van der Waals surface area contributed by atoms with Gasteiger partial charge in [0.2, 0.25) is 0 Å². The maximum atomic E-state index is 11.5. The molecule has 1 aliphatic heterocycles. The zero-order valence-electron chi connectivity index (χ0n) is 14.1. The monoisotopic (exact) mass is 370 g/mol. The molecule has 3 rings (SSSR count). The van der Waals surface area contributed by atoms with Gasteiger partial charge in [-0.1, -0.05) is 25.1 Å². The Bertz CT molecular complexity index is 832. The molecular formula is C19H18N2O4S. The van der Waals surface area contributed by atoms with Crippen LogP contribution in [0.5, 0.6) is 5.75 Å². The van der Waals surface area contributed by atoms with Crippen molar-refractivity contribution in [2.45, 2.75) is 19.4 Å². The SMILES string of the molecule is CCc1ccc([C@H](O)COc2ccc(/C=C3/SC(=O)NC3=O)cc2)nc1. The van der Waals surface area contributed by atoms with Crippen molar-refractivity contribution in [3.05, 3.63) is 64.3 Å². The molecule has 0 bridgehead atoms. The van der Waals surface area contributed by atoms with Crippen molar-refractivity contribution in [1.29, 1.82) is 0 Å². The van der Waals surface area contributed by atoms with Crippen LogP contribution in [0.2, 0.25) is 0 Å². The average molecular weight is 370 g/mol. The van der Waals surface area contributed by atoms with Crippen LogP contribution in [0.3, 0.4) is 0 Å². The number of pyridine rings is 1. The second-order valence-corrected chi connectivity index (χ2v) is 6.71. The van der Waals surface area contributed by atoms with Crippen LogP contribution >= 0.6 is 11.8 Å². The van der Waals surface area contributed by atoms with Crippen molar-refractivity contribution in [3.63, 3.8) is 0 Å². The lowest BCUT2D eigenvalue weighted by molar-refractivity contribution is -0.115. The Morgan fingerprint density at radius 1 is 1.23 bits per heavy atom. The van der Waals surface area contributed by atoms with Gasteiger partial charge >= 0.3 is 0 Å². The summed E-state index contributed by atoms with van der Waals surface area (Å²) in [5.41, 5.74) is 2.46. The number of hydrogen-bond donors (Lipinski definition) is 2. The predicted octanol–water partition coefficient (Wildman–Crippen LogP) is 3.08. The van der Waals surface area contributed by atoms with Crippen LogP contribution in [-0.4, -0.2) is 27.8 Å². The normalized spacial score (nSPS) is 16.6. The quantitative estimate of drug-likeness (QED) is 0.760. The van der Waals surface area contributed by atoms with Crippen molar-refractivity contribution in [1.82, 2.24) is 10.3 Å². The van der Waals surface area contributed by atoms with Gasteiger partial charge < -0.3 is 9.84 Å². The fourth-order valence-corrected chi connectivity index (χ4v) is 3.02. The molecule has 1 fully saturated rings. The summed E-state index contributed by atoms with van der Waals surface area (Å²) in [6, 6.07) is 10.8. The van der Waals surface area contributed by atoms with Gasteiger partial charge in [-0.15, -0.1) is 0 Å². The number of amides is 2. The molecule has 26 heavy (non-hydrogen) atoms. The molecule has 6 nitrogen and oxygen atoms in total. The van der Waals surface area contributed by atoms with Crippen LogP contribution in [0.15, 0.2) is 47.5 Å². The average Bonchev–Trinajstić information content (AvgIpc) is 2.98. The largest absolute Gasteiger partial charge is 0.490 e. The molecule has 0 radical (unpaired) electrons. The minimum atomic E-state index is -0.813. The smallest absolute Gasteiger partial charge is 0.290 e. The maximum Gasteiger partial charge on any atom is 0.290 e. The molecule has 1 saturated heterocycles. The molecule has 1 atom stereocenters. The van der Waals surface area contributed by atoms with Crippen molar-refractivity contribution in [3.8, 4) is 5.75 Å². The molecule has 2 heterocycles. The standard InChI is InChI=1S/C19H18N2O4S/c1-2-12-5-8-15(20-10-12)16(22)11-25-14-6-3-13(4-7-14)9-17-18(23)21-19(24)26-17/h3-10,16,22H,2,11H2,1H3,(H,21,23,24)/b17-9+/t16-/m1/s1. The highest BCUT2D eigenvalue weighted by atomic mass is 32.2. The van der Waals surface area contributed by atoms with Gasteiger partial charge in [0.15, 0.2) is 0 Å². The van der Waals surface area contributed by atoms with Gasteiger partial charge in [-0.25, -0.2) is 0 Å². The second kappa shape index (κ2) is 8.16. The highest BCUT2D eigenvalue weighted by molar-refractivity contribution is 8.18. The van der Waals surface area contributed by atoms with Crippen LogP contribution in [0.25, 0.3) is 6.08 Å². The topological polar surface area (TPSA) is 88.5 Å². The van der Waals surface area contributed by atoms with E-state index >= 15 is 0 Å². The molecule has 2 amide bonds. The number of nitrogens with one attached hydrogen (secondary N) is 1. The summed E-state index contributed by atoms with van der Waals surface area (Å²) in [7, 11) is 0. The number of aliphatic hydroxyl groups is 1. The van der Waals surface area contributed by atoms with Crippen LogP contribution in [0.4, 0.5) is 4.79 Å². The van der Waals surface area contributed by atoms with E-state index in [2.05, 4.69) is 10.3 Å². The number of thioether (sulfide) groups is 1. The number of carbonyl (C=O) groups is 2. The van der Waals surface area contributed by atoms with Crippen molar-refractivity contribution < 1.29 is 19.4 Å². The highest BCUT2D eigenvalue weighted by Crippen LogP contribution is 2.26. The van der Waals surface area contributed by atoms with Gasteiger partial charge in [0.1, 0.15) is 18.5 Å². The minimum Gasteiger partial charge on any atom is -0.490 e. The van der Waals surface area contributed by atoms with E-state index < -0.39 is 6.10 Å². The van der Waals surface area contributed by atoms with Gasteiger partial charge in [-0.2, -0.15) is 0 Å². The van der Waals surface area contributed by atoms with Crippen LogP contribution in [0.1, 0.15) is 29.8 Å². The number of imide groups is 1. The fourth-order valence-electron chi connectivity index (χ4n) is 2.34. The van der Waals surface area contributed by atoms with Gasteiger partial charge in [-0.3, -0.25) is 19.9 Å². The number of carbonyl (C=O) groups excluding carboxylic acids is 2. The Morgan fingerprint density at radius 3 is 2.58 bits per heavy atom. The summed E-state index contributed by atoms with van der Waals surface area (Å²) in [6.07, 6.45) is 3.48. The Balaban J connectivity index is 1.58. The van der Waals surface area contributed by atoms with Crippen molar-refractivity contribution in [2.24, 2.45) is 0 Å². The van der Waals surface area contributed by atoms with E-state index in [0.29, 0.717) is 16.3 Å². The molecule has 1 aliphatic rings. The summed E-state index contributed by atoms with van der Waals surface area (Å²) >= 11 is 0.877. The Morgan fingerprint density at radius 2 is 2.00 bits per heavy atom. The molecule has 7 heteroatoms. The van der Waals surface area contributed by atoms with E-state index in [1.807, 2.05) is 13.0 Å². The molecular weight excluding hydrogens is 352 g/mol. The molecule has 1 aromatic heterocycles. The van der Waals surface area contributed by atoms with Crippen molar-refractivity contribution in [2.75, 3.05) is 6.61 Å². The lowest BCUT2D eigenvalue weighted by Crippen LogP contribution is -2.17. The van der Waals surface area contributed by atoms with Gasteiger partial charge in [-0.05, 0) is 53.6 Å². The Labute approximate surface area is 155 Å². The minimum absolute atomic E-state index is 0.0890. The van der Waals surface area contributed by atoms with E-state index in [4.69, 9.17) is 4.74 Å². The summed E-state index contributed by atoms with van der Waals surface area (Å²) in [5.74, 6) is 0.209. The van der Waals surface area contributed by atoms with E-state index in [-0.39, 0.29) is 17.8 Å². The van der Waals surface area contributed by atoms with Crippen LogP contribution < -0.4 is 10.1 Å². The number of hydrogen-bond acceptors (Lipinski definition) is 6. The zero-order valence-corrected chi connectivity index (χ0v) is 15.0. The molecule has 0 spiro atoms. The number of aryl methyl sites for hydroxylation is 1. The summed E-state index contributed by atoms with van der Waals surface area (Å²) in [5, 5.41) is 12.0. The summed E-state index contributed by atoms with van der Waals surface area (Å²) < 4.78 is 5.59. The number of nitrogens with zero attached hydrogens (tertiary/aromatic N) is 1. The Kier molecular flexibility index (Phi) is 5.70. The van der Waals surface area contributed by atoms with Gasteiger partial charge in [0.05, 0.1) is 10.6 Å². The zero-order chi connectivity index (χ0) is 18.5. The third-order valence-corrected chi connectivity index (χ3v) is 4.64. The molecule has 0 saturated carbocycles. The molecule has 0 aliphatic carbocycles. The van der Waals surface area contributed by atoms with Crippen LogP contribution in [0, 0.1) is 0 Å². The van der Waals surface area contributed by atoms with E-state index in [1.54, 1.807) is 42.6 Å². The number of ether oxygens (including phenoxy) is 1. The first-order chi connectivity index (χ1) is 12.5. The molecule has 1 aromatic carbocycles. The lowest BCUT2D eigenvalue weighted by Gasteiger charge is -2.12. The third kappa shape index (κ3) is 4.50. The van der Waals surface area contributed by atoms with Crippen LogP contribution in [-0.2, 0) is 11.2 Å². The highest BCUT2D eigenvalue weighted by Gasteiger charge is 2.24. The lowest BCUT2D eigenvalue weighted by atomic mass is 10.1. The number of benzene rings is 1. The number of aromatic nitrogens is 1. The molecule has 2 aromatic rings. The summed E-state index contributed by atoms with van der Waals surface area (Å²) in [6.45, 7) is 2.14. The fraction of sp³-hybridized carbons (Fsp3) is 0.211. The van der Waals surface area contributed by atoms with E-state index in [0.717, 1.165) is 29.3 Å². The Hall–Kier alpha value is -2.64. The van der Waals surface area contributed by atoms with Crippen molar-refractivity contribution >= 4 is 29.0 Å².